The zero-order valence-corrected chi connectivity index (χ0v) is 34.8. The lowest BCUT2D eigenvalue weighted by atomic mass is 9.81. The summed E-state index contributed by atoms with van der Waals surface area (Å²) in [7, 11) is 0. The first kappa shape index (κ1) is 36.0. The Bertz CT molecular complexity index is 3360. The average Bonchev–Trinajstić information content (AvgIpc) is 3.63. The number of aromatic nitrogens is 3. The van der Waals surface area contributed by atoms with Gasteiger partial charge in [0.05, 0.1) is 0 Å². The fourth-order valence-corrected chi connectivity index (χ4v) is 11.4. The molecule has 3 atom stereocenters. The predicted octanol–water partition coefficient (Wildman–Crippen LogP) is 14.9. The molecule has 0 N–H and O–H groups in total. The number of thioether (sulfide) groups is 1. The van der Waals surface area contributed by atoms with E-state index >= 15 is 0 Å². The highest BCUT2D eigenvalue weighted by atomic mass is 32.2. The third-order valence-electron chi connectivity index (χ3n) is 13.0. The minimum absolute atomic E-state index is 0.0759. The molecule has 0 spiro atoms. The van der Waals surface area contributed by atoms with Gasteiger partial charge < -0.3 is 0 Å². The zero-order valence-electron chi connectivity index (χ0n) is 34.0. The van der Waals surface area contributed by atoms with E-state index in [9.17, 15) is 0 Å². The van der Waals surface area contributed by atoms with E-state index < -0.39 is 0 Å². The van der Waals surface area contributed by atoms with Crippen molar-refractivity contribution in [2.24, 2.45) is 5.92 Å². The van der Waals surface area contributed by atoms with Gasteiger partial charge in [0.25, 0.3) is 0 Å². The molecule has 12 rings (SSSR count). The fraction of sp³-hybridized carbons (Fsp3) is 0.105. The van der Waals surface area contributed by atoms with Gasteiger partial charge in [-0.1, -0.05) is 183 Å². The maximum Gasteiger partial charge on any atom is 0.165 e. The number of rotatable bonds is 5. The quantitative estimate of drug-likeness (QED) is 0.174. The Kier molecular flexibility index (Phi) is 8.33. The molecule has 3 nitrogen and oxygen atoms in total. The van der Waals surface area contributed by atoms with Crippen LogP contribution in [0.15, 0.2) is 187 Å². The molecule has 0 fully saturated rings. The summed E-state index contributed by atoms with van der Waals surface area (Å²) < 4.78 is -0.0759. The normalized spacial score (nSPS) is 18.7. The molecule has 1 aliphatic heterocycles. The largest absolute Gasteiger partial charge is 0.208 e. The lowest BCUT2D eigenvalue weighted by molar-refractivity contribution is 0.702. The van der Waals surface area contributed by atoms with Crippen molar-refractivity contribution < 1.29 is 0 Å². The number of hydrogen-bond acceptors (Lipinski definition) is 4. The molecule has 9 aromatic rings. The van der Waals surface area contributed by atoms with Gasteiger partial charge in [-0.3, -0.25) is 0 Å². The van der Waals surface area contributed by atoms with Gasteiger partial charge in [-0.25, -0.2) is 15.0 Å². The molecule has 61 heavy (non-hydrogen) atoms. The van der Waals surface area contributed by atoms with Crippen molar-refractivity contribution in [1.82, 2.24) is 15.0 Å². The average molecular weight is 800 g/mol. The molecule has 8 aromatic carbocycles. The summed E-state index contributed by atoms with van der Waals surface area (Å²) in [5, 5.41) is 7.30. The van der Waals surface area contributed by atoms with Crippen LogP contribution in [-0.2, 0) is 6.42 Å². The summed E-state index contributed by atoms with van der Waals surface area (Å²) in [6, 6.07) is 55.0. The zero-order chi connectivity index (χ0) is 40.7. The van der Waals surface area contributed by atoms with Crippen LogP contribution in [0.4, 0.5) is 0 Å². The monoisotopic (exact) mass is 799 g/mol. The standard InChI is InChI=1S/C57H41N3S/c1-35-21-29-45-49(32-35)43-16-7-6-15-42(43)34-50(45)46-30-28-38-13-5-8-17-44(38)52(46)56-59-54(39-25-22-37(23-26-39)41-27-24-36-12-3-4-14-40(36)33-41)58-55(60-56)48-19-11-18-47-51-20-9-10-31-57(51,2)61-53(47)48/h3-31,33-35,51H,32H2,1-2H3. The molecule has 0 radical (unpaired) electrons. The second-order valence-electron chi connectivity index (χ2n) is 17.0. The van der Waals surface area contributed by atoms with E-state index in [0.29, 0.717) is 23.4 Å². The molecule has 0 saturated carbocycles. The van der Waals surface area contributed by atoms with Crippen molar-refractivity contribution in [2.75, 3.05) is 0 Å². The molecule has 4 heteroatoms. The Morgan fingerprint density at radius 1 is 0.541 bits per heavy atom. The summed E-state index contributed by atoms with van der Waals surface area (Å²) in [6.07, 6.45) is 14.7. The van der Waals surface area contributed by atoms with E-state index in [0.717, 1.165) is 45.0 Å². The Hall–Kier alpha value is -6.88. The van der Waals surface area contributed by atoms with Crippen LogP contribution in [0.2, 0.25) is 0 Å². The van der Waals surface area contributed by atoms with E-state index in [1.54, 1.807) is 0 Å². The lowest BCUT2D eigenvalue weighted by Gasteiger charge is -2.27. The number of benzene rings is 8. The first-order valence-corrected chi connectivity index (χ1v) is 22.1. The van der Waals surface area contributed by atoms with Gasteiger partial charge in [0, 0.05) is 32.3 Å². The molecule has 0 amide bonds. The molecular weight excluding hydrogens is 759 g/mol. The van der Waals surface area contributed by atoms with Crippen LogP contribution in [0.5, 0.6) is 0 Å². The molecule has 290 valence electrons. The second-order valence-corrected chi connectivity index (χ2v) is 18.5. The highest BCUT2D eigenvalue weighted by Gasteiger charge is 2.42. The second kappa shape index (κ2) is 14.1. The van der Waals surface area contributed by atoms with Crippen LogP contribution < -0.4 is 0 Å². The molecule has 3 unspecified atom stereocenters. The van der Waals surface area contributed by atoms with E-state index in [-0.39, 0.29) is 10.7 Å². The Morgan fingerprint density at radius 3 is 2.11 bits per heavy atom. The van der Waals surface area contributed by atoms with Gasteiger partial charge in [-0.05, 0) is 103 Å². The third-order valence-corrected chi connectivity index (χ3v) is 14.5. The molecule has 0 bridgehead atoms. The summed E-state index contributed by atoms with van der Waals surface area (Å²) in [5.41, 5.74) is 11.7. The van der Waals surface area contributed by atoms with Gasteiger partial charge in [0.2, 0.25) is 0 Å². The van der Waals surface area contributed by atoms with Crippen LogP contribution in [0.1, 0.15) is 36.5 Å². The van der Waals surface area contributed by atoms with Crippen LogP contribution in [0.3, 0.4) is 0 Å². The fourth-order valence-electron chi connectivity index (χ4n) is 9.91. The lowest BCUT2D eigenvalue weighted by Crippen LogP contribution is -2.22. The number of fused-ring (bicyclic) bond motifs is 8. The van der Waals surface area contributed by atoms with Crippen molar-refractivity contribution in [3.05, 3.63) is 199 Å². The van der Waals surface area contributed by atoms with Crippen molar-refractivity contribution in [1.29, 1.82) is 0 Å². The minimum Gasteiger partial charge on any atom is -0.208 e. The van der Waals surface area contributed by atoms with Crippen LogP contribution >= 0.6 is 11.8 Å². The molecular formula is C57H41N3S. The van der Waals surface area contributed by atoms with Crippen molar-refractivity contribution in [2.45, 2.75) is 35.8 Å². The molecule has 0 saturated heterocycles. The smallest absolute Gasteiger partial charge is 0.165 e. The highest BCUT2D eigenvalue weighted by molar-refractivity contribution is 8.01. The van der Waals surface area contributed by atoms with E-state index in [1.165, 1.54) is 54.3 Å². The maximum absolute atomic E-state index is 5.54. The van der Waals surface area contributed by atoms with E-state index in [1.807, 2.05) is 11.8 Å². The van der Waals surface area contributed by atoms with Gasteiger partial charge in [0.15, 0.2) is 17.5 Å². The number of hydrogen-bond donors (Lipinski definition) is 0. The highest BCUT2D eigenvalue weighted by Crippen LogP contribution is 2.58. The van der Waals surface area contributed by atoms with Crippen LogP contribution in [0.25, 0.3) is 94.8 Å². The summed E-state index contributed by atoms with van der Waals surface area (Å²) >= 11 is 1.92. The SMILES string of the molecule is CC1C=Cc2c(-c3ccc4ccccc4c3-c3nc(-c4ccc(-c5ccc6ccccc6c5)cc4)nc(-c4cccc5c4SC4(C)C=CC=CC54)n3)cc3ccccc3c2C1. The number of nitrogens with zero attached hydrogens (tertiary/aromatic N) is 3. The van der Waals surface area contributed by atoms with Gasteiger partial charge in [-0.2, -0.15) is 0 Å². The molecule has 2 heterocycles. The summed E-state index contributed by atoms with van der Waals surface area (Å²) in [6.45, 7) is 4.65. The third kappa shape index (κ3) is 6.00. The molecule has 3 aliphatic rings. The van der Waals surface area contributed by atoms with Crippen molar-refractivity contribution >= 4 is 50.2 Å². The van der Waals surface area contributed by atoms with Crippen LogP contribution in [0, 0.1) is 5.92 Å². The molecule has 1 aromatic heterocycles. The first-order chi connectivity index (χ1) is 30.0. The summed E-state index contributed by atoms with van der Waals surface area (Å²) in [4.78, 5) is 17.6. The van der Waals surface area contributed by atoms with Gasteiger partial charge in [0.1, 0.15) is 0 Å². The van der Waals surface area contributed by atoms with Crippen LogP contribution in [-0.4, -0.2) is 19.7 Å². The predicted molar refractivity (Wildman–Crippen MR) is 257 cm³/mol. The Morgan fingerprint density at radius 2 is 1.25 bits per heavy atom. The number of allylic oxidation sites excluding steroid dienone is 4. The Labute approximate surface area is 360 Å². The Balaban J connectivity index is 1.09. The van der Waals surface area contributed by atoms with Crippen molar-refractivity contribution in [3.63, 3.8) is 0 Å². The first-order valence-electron chi connectivity index (χ1n) is 21.3. The van der Waals surface area contributed by atoms with E-state index in [4.69, 9.17) is 15.0 Å². The van der Waals surface area contributed by atoms with E-state index in [2.05, 4.69) is 202 Å². The van der Waals surface area contributed by atoms with Crippen molar-refractivity contribution in [3.8, 4) is 56.4 Å². The summed E-state index contributed by atoms with van der Waals surface area (Å²) in [5.74, 6) is 2.75. The minimum atomic E-state index is -0.0759. The van der Waals surface area contributed by atoms with Gasteiger partial charge >= 0.3 is 0 Å². The van der Waals surface area contributed by atoms with Gasteiger partial charge in [-0.15, -0.1) is 11.8 Å². The molecule has 2 aliphatic carbocycles. The maximum atomic E-state index is 5.54. The topological polar surface area (TPSA) is 38.7 Å².